The van der Waals surface area contributed by atoms with Crippen LogP contribution < -0.4 is 0 Å². The zero-order valence-electron chi connectivity index (χ0n) is 13.6. The van der Waals surface area contributed by atoms with Crippen molar-refractivity contribution in [2.24, 2.45) is 10.8 Å². The van der Waals surface area contributed by atoms with Gasteiger partial charge in [-0.25, -0.2) is 0 Å². The molecule has 6 nitrogen and oxygen atoms in total. The molecule has 0 aliphatic heterocycles. The average molecular weight is 322 g/mol. The van der Waals surface area contributed by atoms with Crippen LogP contribution >= 0.6 is 0 Å². The van der Waals surface area contributed by atoms with Crippen LogP contribution in [0.25, 0.3) is 0 Å². The van der Waals surface area contributed by atoms with Crippen molar-refractivity contribution >= 4 is 24.0 Å². The second-order valence-electron chi connectivity index (χ2n) is 6.17. The number of fused-ring (bicyclic) bond motifs is 1. The highest BCUT2D eigenvalue weighted by molar-refractivity contribution is 6.03. The number of aldehydes is 1. The number of hydrogen-bond donors (Lipinski definition) is 0. The summed E-state index contributed by atoms with van der Waals surface area (Å²) in [5, 5.41) is 0. The fraction of sp³-hybridized carbons (Fsp3) is 0.647. The molecular formula is C17H22O6. The van der Waals surface area contributed by atoms with Gasteiger partial charge in [-0.1, -0.05) is 5.57 Å². The van der Waals surface area contributed by atoms with E-state index in [0.29, 0.717) is 6.42 Å². The minimum absolute atomic E-state index is 0.0211. The molecule has 0 radical (unpaired) electrons. The quantitative estimate of drug-likeness (QED) is 0.403. The Morgan fingerprint density at radius 1 is 1.17 bits per heavy atom. The predicted octanol–water partition coefficient (Wildman–Crippen LogP) is 1.76. The van der Waals surface area contributed by atoms with Gasteiger partial charge in [-0.3, -0.25) is 14.4 Å². The first-order chi connectivity index (χ1) is 10.9. The molecule has 0 spiro atoms. The second-order valence-corrected chi connectivity index (χ2v) is 6.17. The van der Waals surface area contributed by atoms with E-state index < -0.39 is 22.8 Å². The minimum Gasteiger partial charge on any atom is -0.465 e. The van der Waals surface area contributed by atoms with E-state index in [4.69, 9.17) is 9.47 Å². The predicted molar refractivity (Wildman–Crippen MR) is 80.4 cm³/mol. The van der Waals surface area contributed by atoms with E-state index in [9.17, 15) is 19.2 Å². The van der Waals surface area contributed by atoms with Crippen LogP contribution in [0.15, 0.2) is 11.6 Å². The Kier molecular flexibility index (Phi) is 5.02. The smallest absolute Gasteiger partial charge is 0.323 e. The summed E-state index contributed by atoms with van der Waals surface area (Å²) in [6.45, 7) is 3.69. The Balaban J connectivity index is 2.40. The maximum absolute atomic E-state index is 12.5. The summed E-state index contributed by atoms with van der Waals surface area (Å²) in [5.74, 6) is -1.23. The zero-order chi connectivity index (χ0) is 17.1. The monoisotopic (exact) mass is 322 g/mol. The van der Waals surface area contributed by atoms with E-state index in [0.717, 1.165) is 11.9 Å². The molecule has 126 valence electrons. The van der Waals surface area contributed by atoms with Crippen LogP contribution in [0.5, 0.6) is 0 Å². The number of carbonyl (C=O) groups excluding carboxylic acids is 4. The molecule has 1 fully saturated rings. The number of carbonyl (C=O) groups is 4. The lowest BCUT2D eigenvalue weighted by Gasteiger charge is -2.29. The van der Waals surface area contributed by atoms with Crippen molar-refractivity contribution < 1.29 is 28.7 Å². The van der Waals surface area contributed by atoms with E-state index >= 15 is 0 Å². The molecule has 0 aromatic rings. The lowest BCUT2D eigenvalue weighted by atomic mass is 9.75. The largest absolute Gasteiger partial charge is 0.465 e. The van der Waals surface area contributed by atoms with Crippen molar-refractivity contribution in [2.75, 3.05) is 13.2 Å². The minimum atomic E-state index is -1.40. The first kappa shape index (κ1) is 17.4. The molecular weight excluding hydrogens is 300 g/mol. The fourth-order valence-corrected chi connectivity index (χ4v) is 3.81. The molecule has 0 bridgehead atoms. The summed E-state index contributed by atoms with van der Waals surface area (Å²) < 4.78 is 10.2. The summed E-state index contributed by atoms with van der Waals surface area (Å²) in [6.07, 6.45) is 3.59. The highest BCUT2D eigenvalue weighted by atomic mass is 16.6. The molecule has 0 N–H and O–H groups in total. The van der Waals surface area contributed by atoms with Crippen molar-refractivity contribution in [3.8, 4) is 0 Å². The highest BCUT2D eigenvalue weighted by Gasteiger charge is 2.62. The topological polar surface area (TPSA) is 86.7 Å². The molecule has 2 rings (SSSR count). The van der Waals surface area contributed by atoms with Crippen LogP contribution in [0.3, 0.4) is 0 Å². The van der Waals surface area contributed by atoms with Gasteiger partial charge < -0.3 is 14.3 Å². The Labute approximate surface area is 135 Å². The van der Waals surface area contributed by atoms with Crippen LogP contribution in [-0.4, -0.2) is 37.2 Å². The van der Waals surface area contributed by atoms with Crippen molar-refractivity contribution in [2.45, 2.75) is 46.0 Å². The third kappa shape index (κ3) is 2.94. The number of esters is 2. The molecule has 0 saturated heterocycles. The molecule has 6 heteroatoms. The SMILES string of the molecule is CCOC(=O)C1(C(=O)OCC)CC2=CC(=O)CC2(CCC=O)C1. The van der Waals surface area contributed by atoms with Crippen LogP contribution in [0.2, 0.25) is 0 Å². The Bertz CT molecular complexity index is 543. The lowest BCUT2D eigenvalue weighted by molar-refractivity contribution is -0.172. The molecule has 1 atom stereocenters. The molecule has 0 amide bonds. The number of rotatable bonds is 7. The van der Waals surface area contributed by atoms with Crippen molar-refractivity contribution in [3.05, 3.63) is 11.6 Å². The van der Waals surface area contributed by atoms with Gasteiger partial charge in [0.15, 0.2) is 11.2 Å². The van der Waals surface area contributed by atoms with Gasteiger partial charge in [-0.15, -0.1) is 0 Å². The first-order valence-corrected chi connectivity index (χ1v) is 7.96. The van der Waals surface area contributed by atoms with Gasteiger partial charge in [-0.05, 0) is 39.2 Å². The number of hydrogen-bond acceptors (Lipinski definition) is 6. The molecule has 0 heterocycles. The summed E-state index contributed by atoms with van der Waals surface area (Å²) in [5.41, 5.74) is -1.23. The van der Waals surface area contributed by atoms with E-state index in [2.05, 4.69) is 0 Å². The normalized spacial score (nSPS) is 24.8. The van der Waals surface area contributed by atoms with Gasteiger partial charge in [0.1, 0.15) is 6.29 Å². The number of ether oxygens (including phenoxy) is 2. The number of allylic oxidation sites excluding steroid dienone is 2. The third-order valence-corrected chi connectivity index (χ3v) is 4.73. The number of ketones is 1. The van der Waals surface area contributed by atoms with Crippen molar-refractivity contribution in [1.29, 1.82) is 0 Å². The van der Waals surface area contributed by atoms with E-state index in [1.165, 1.54) is 6.08 Å². The molecule has 2 aliphatic rings. The van der Waals surface area contributed by atoms with Crippen LogP contribution in [-0.2, 0) is 28.7 Å². The maximum Gasteiger partial charge on any atom is 0.323 e. The lowest BCUT2D eigenvalue weighted by Crippen LogP contribution is -2.41. The first-order valence-electron chi connectivity index (χ1n) is 7.96. The van der Waals surface area contributed by atoms with Gasteiger partial charge in [0.05, 0.1) is 13.2 Å². The highest BCUT2D eigenvalue weighted by Crippen LogP contribution is 2.60. The fourth-order valence-electron chi connectivity index (χ4n) is 3.81. The summed E-state index contributed by atoms with van der Waals surface area (Å²) >= 11 is 0. The summed E-state index contributed by atoms with van der Waals surface area (Å²) in [6, 6.07) is 0. The third-order valence-electron chi connectivity index (χ3n) is 4.73. The maximum atomic E-state index is 12.5. The van der Waals surface area contributed by atoms with Gasteiger partial charge in [0, 0.05) is 18.3 Å². The van der Waals surface area contributed by atoms with E-state index in [-0.39, 0.29) is 44.7 Å². The van der Waals surface area contributed by atoms with E-state index in [1.807, 2.05) is 0 Å². The van der Waals surface area contributed by atoms with Crippen molar-refractivity contribution in [1.82, 2.24) is 0 Å². The average Bonchev–Trinajstić information content (AvgIpc) is 2.96. The molecule has 0 aromatic carbocycles. The molecule has 1 saturated carbocycles. The Morgan fingerprint density at radius 2 is 1.78 bits per heavy atom. The standard InChI is InChI=1S/C17H22O6/c1-3-22-14(20)17(15(21)23-4-2)9-12-8-13(19)10-16(12,11-17)6-5-7-18/h7-8H,3-6,9-11H2,1-2H3. The van der Waals surface area contributed by atoms with Gasteiger partial charge in [-0.2, -0.15) is 0 Å². The van der Waals surface area contributed by atoms with Gasteiger partial charge >= 0.3 is 11.9 Å². The zero-order valence-corrected chi connectivity index (χ0v) is 13.6. The van der Waals surface area contributed by atoms with E-state index in [1.54, 1.807) is 13.8 Å². The van der Waals surface area contributed by atoms with Crippen LogP contribution in [0.4, 0.5) is 0 Å². The summed E-state index contributed by atoms with van der Waals surface area (Å²) in [4.78, 5) is 47.6. The Morgan fingerprint density at radius 3 is 2.30 bits per heavy atom. The van der Waals surface area contributed by atoms with Crippen LogP contribution in [0, 0.1) is 10.8 Å². The second kappa shape index (κ2) is 6.64. The summed E-state index contributed by atoms with van der Waals surface area (Å²) in [7, 11) is 0. The molecule has 2 aliphatic carbocycles. The van der Waals surface area contributed by atoms with Gasteiger partial charge in [0.25, 0.3) is 0 Å². The molecule has 23 heavy (non-hydrogen) atoms. The van der Waals surface area contributed by atoms with Gasteiger partial charge in [0.2, 0.25) is 0 Å². The molecule has 0 aromatic heterocycles. The van der Waals surface area contributed by atoms with Crippen LogP contribution in [0.1, 0.15) is 46.0 Å². The Hall–Kier alpha value is -1.98. The van der Waals surface area contributed by atoms with Crippen molar-refractivity contribution in [3.63, 3.8) is 0 Å². The molecule has 1 unspecified atom stereocenters.